The molecule has 0 aliphatic heterocycles. The third-order valence-corrected chi connectivity index (χ3v) is 18.8. The second-order valence-corrected chi connectivity index (χ2v) is 21.3. The first-order valence-electron chi connectivity index (χ1n) is 22.7. The van der Waals surface area contributed by atoms with Crippen molar-refractivity contribution in [3.05, 3.63) is 230 Å². The summed E-state index contributed by atoms with van der Waals surface area (Å²) in [6.45, 7) is 0. The molecule has 0 spiro atoms. The van der Waals surface area contributed by atoms with Crippen LogP contribution >= 0.6 is 0 Å². The fourth-order valence-corrected chi connectivity index (χ4v) is 16.0. The van der Waals surface area contributed by atoms with E-state index in [2.05, 4.69) is 234 Å². The number of hydrogen-bond acceptors (Lipinski definition) is 0. The monoisotopic (exact) mass is 824 g/mol. The lowest BCUT2D eigenvalue weighted by molar-refractivity contribution is 0.444. The van der Waals surface area contributed by atoms with Crippen LogP contribution in [0.2, 0.25) is 0 Å². The molecular formula is C60H48N2Si. The second-order valence-electron chi connectivity index (χ2n) is 17.5. The molecule has 2 heterocycles. The smallest absolute Gasteiger partial charge is 0.179 e. The van der Waals surface area contributed by atoms with Gasteiger partial charge in [0.25, 0.3) is 0 Å². The first-order valence-corrected chi connectivity index (χ1v) is 24.7. The van der Waals surface area contributed by atoms with Crippen molar-refractivity contribution in [3.63, 3.8) is 0 Å². The number of para-hydroxylation sites is 2. The summed E-state index contributed by atoms with van der Waals surface area (Å²) in [4.78, 5) is 0. The Morgan fingerprint density at radius 3 is 1.62 bits per heavy atom. The molecule has 1 aliphatic carbocycles. The minimum Gasteiger partial charge on any atom is -0.309 e. The van der Waals surface area contributed by atoms with Gasteiger partial charge in [0.2, 0.25) is 0 Å². The van der Waals surface area contributed by atoms with Crippen molar-refractivity contribution in [2.24, 2.45) is 0 Å². The number of hydrogen-bond donors (Lipinski definition) is 0. The van der Waals surface area contributed by atoms with Crippen molar-refractivity contribution < 1.29 is 0 Å². The molecule has 1 aliphatic rings. The van der Waals surface area contributed by atoms with E-state index in [1.807, 2.05) is 0 Å². The van der Waals surface area contributed by atoms with Gasteiger partial charge in [-0.1, -0.05) is 195 Å². The van der Waals surface area contributed by atoms with E-state index in [0.717, 1.165) is 5.69 Å². The van der Waals surface area contributed by atoms with Gasteiger partial charge >= 0.3 is 0 Å². The van der Waals surface area contributed by atoms with Crippen LogP contribution < -0.4 is 20.7 Å². The average molecular weight is 825 g/mol. The Hall–Kier alpha value is -7.20. The zero-order valence-corrected chi connectivity index (χ0v) is 36.4. The number of fused-ring (bicyclic) bond motifs is 6. The van der Waals surface area contributed by atoms with Crippen LogP contribution in [0.3, 0.4) is 0 Å². The normalized spacial score (nSPS) is 13.7. The van der Waals surface area contributed by atoms with E-state index < -0.39 is 8.07 Å². The number of rotatable bonds is 8. The zero-order chi connectivity index (χ0) is 41.7. The molecule has 2 nitrogen and oxygen atoms in total. The van der Waals surface area contributed by atoms with Crippen LogP contribution in [0.15, 0.2) is 224 Å². The van der Waals surface area contributed by atoms with Crippen LogP contribution in [0.1, 0.15) is 43.6 Å². The van der Waals surface area contributed by atoms with E-state index in [-0.39, 0.29) is 0 Å². The van der Waals surface area contributed by atoms with Crippen LogP contribution in [0, 0.1) is 0 Å². The van der Waals surface area contributed by atoms with Crippen molar-refractivity contribution >= 4 is 72.4 Å². The Balaban J connectivity index is 1.10. The maximum absolute atomic E-state index is 2.89. The lowest BCUT2D eigenvalue weighted by Crippen LogP contribution is -2.74. The fraction of sp³-hybridized carbons (Fsp3) is 0.100. The van der Waals surface area contributed by atoms with Gasteiger partial charge in [0.15, 0.2) is 8.07 Å². The van der Waals surface area contributed by atoms with E-state index >= 15 is 0 Å². The minimum atomic E-state index is -2.89. The van der Waals surface area contributed by atoms with Crippen molar-refractivity contribution in [2.45, 2.75) is 38.0 Å². The van der Waals surface area contributed by atoms with Crippen LogP contribution in [-0.2, 0) is 0 Å². The van der Waals surface area contributed by atoms with E-state index in [0.29, 0.717) is 5.92 Å². The first-order chi connectivity index (χ1) is 31.3. The molecule has 63 heavy (non-hydrogen) atoms. The van der Waals surface area contributed by atoms with Gasteiger partial charge in [0, 0.05) is 27.2 Å². The predicted octanol–water partition coefficient (Wildman–Crippen LogP) is 13.0. The zero-order valence-electron chi connectivity index (χ0n) is 35.4. The molecule has 9 aromatic carbocycles. The summed E-state index contributed by atoms with van der Waals surface area (Å²) in [5.74, 6) is 0.654. The molecule has 0 radical (unpaired) electrons. The largest absolute Gasteiger partial charge is 0.309 e. The van der Waals surface area contributed by atoms with Gasteiger partial charge in [-0.05, 0) is 105 Å². The fourth-order valence-electron chi connectivity index (χ4n) is 11.2. The molecule has 2 aromatic heterocycles. The van der Waals surface area contributed by atoms with Gasteiger partial charge in [-0.15, -0.1) is 0 Å². The summed E-state index contributed by atoms with van der Waals surface area (Å²) in [7, 11) is -2.89. The topological polar surface area (TPSA) is 9.86 Å². The van der Waals surface area contributed by atoms with Gasteiger partial charge in [-0.2, -0.15) is 0 Å². The summed E-state index contributed by atoms with van der Waals surface area (Å²) < 4.78 is 5.05. The highest BCUT2D eigenvalue weighted by Gasteiger charge is 2.42. The summed E-state index contributed by atoms with van der Waals surface area (Å²) in [5.41, 5.74) is 11.3. The first kappa shape index (κ1) is 37.5. The number of aromatic nitrogens is 2. The van der Waals surface area contributed by atoms with Gasteiger partial charge in [-0.3, -0.25) is 0 Å². The van der Waals surface area contributed by atoms with Crippen LogP contribution in [0.4, 0.5) is 0 Å². The van der Waals surface area contributed by atoms with Gasteiger partial charge in [-0.25, -0.2) is 0 Å². The SMILES string of the molecule is c1ccc(-c2cccc([Si](c3ccccc3)(c3ccccc3)c3cccc(-n4c5ccccc5c5c(-n6c7ccccc7c7cc(C8CCCCC8)ccc76)cccc54)c3)c2)cc1. The molecule has 0 N–H and O–H groups in total. The van der Waals surface area contributed by atoms with Crippen molar-refractivity contribution in [2.75, 3.05) is 0 Å². The summed E-state index contributed by atoms with van der Waals surface area (Å²) in [6.07, 6.45) is 6.63. The van der Waals surface area contributed by atoms with Gasteiger partial charge in [0.1, 0.15) is 0 Å². The molecule has 302 valence electrons. The van der Waals surface area contributed by atoms with Gasteiger partial charge < -0.3 is 9.13 Å². The average Bonchev–Trinajstić information content (AvgIpc) is 3.88. The Labute approximate surface area is 370 Å². The molecule has 1 saturated carbocycles. The molecule has 3 heteroatoms. The molecule has 0 amide bonds. The van der Waals surface area contributed by atoms with Gasteiger partial charge in [0.05, 0.1) is 27.8 Å². The maximum atomic E-state index is 2.54. The Bertz CT molecular complexity index is 3390. The Morgan fingerprint density at radius 2 is 0.889 bits per heavy atom. The molecule has 12 rings (SSSR count). The lowest BCUT2D eigenvalue weighted by atomic mass is 9.84. The van der Waals surface area contributed by atoms with Crippen molar-refractivity contribution in [1.82, 2.24) is 9.13 Å². The highest BCUT2D eigenvalue weighted by molar-refractivity contribution is 7.20. The molecule has 11 aromatic rings. The standard InChI is InChI=1S/C60H48N2Si/c1-5-20-43(21-6-1)45-24-17-30-50(40-45)63(48-26-9-3-10-27-48,49-28-11-4-12-29-49)51-31-18-25-47(42-51)61-56-35-16-14-33-53(56)60-58(61)36-19-37-59(60)62-55-34-15-13-32-52(55)54-41-46(38-39-57(54)62)44-22-7-2-8-23-44/h1,3-6,9-21,24-42,44H,2,7-8,22-23H2. The highest BCUT2D eigenvalue weighted by atomic mass is 28.3. The second kappa shape index (κ2) is 15.6. The van der Waals surface area contributed by atoms with E-state index in [4.69, 9.17) is 0 Å². The minimum absolute atomic E-state index is 0.654. The number of benzene rings is 9. The molecule has 0 bridgehead atoms. The third kappa shape index (κ3) is 6.13. The highest BCUT2D eigenvalue weighted by Crippen LogP contribution is 2.41. The quantitative estimate of drug-likeness (QED) is 0.107. The Morgan fingerprint density at radius 1 is 0.349 bits per heavy atom. The third-order valence-electron chi connectivity index (χ3n) is 14.0. The molecular weight excluding hydrogens is 777 g/mol. The van der Waals surface area contributed by atoms with Crippen molar-refractivity contribution in [3.8, 4) is 22.5 Å². The summed E-state index contributed by atoms with van der Waals surface area (Å²) in [6, 6.07) is 84.5. The van der Waals surface area contributed by atoms with E-state index in [1.54, 1.807) is 0 Å². The molecule has 0 saturated heterocycles. The predicted molar refractivity (Wildman–Crippen MR) is 270 cm³/mol. The summed E-state index contributed by atoms with van der Waals surface area (Å²) in [5, 5.41) is 10.6. The number of nitrogens with zero attached hydrogens (tertiary/aromatic N) is 2. The van der Waals surface area contributed by atoms with Crippen molar-refractivity contribution in [1.29, 1.82) is 0 Å². The molecule has 0 unspecified atom stereocenters. The maximum Gasteiger partial charge on any atom is 0.179 e. The molecule has 0 atom stereocenters. The van der Waals surface area contributed by atoms with E-state index in [1.165, 1.54) is 119 Å². The summed E-state index contributed by atoms with van der Waals surface area (Å²) >= 11 is 0. The molecule has 1 fully saturated rings. The van der Waals surface area contributed by atoms with Crippen LogP contribution in [0.5, 0.6) is 0 Å². The lowest BCUT2D eigenvalue weighted by Gasteiger charge is -2.35. The van der Waals surface area contributed by atoms with Crippen LogP contribution in [-0.4, -0.2) is 17.2 Å². The van der Waals surface area contributed by atoms with E-state index in [9.17, 15) is 0 Å². The van der Waals surface area contributed by atoms with Crippen LogP contribution in [0.25, 0.3) is 66.1 Å². The Kier molecular flexibility index (Phi) is 9.30.